The minimum absolute atomic E-state index is 0.0430. The number of carbonyl (C=O) groups excluding carboxylic acids is 1. The van der Waals surface area contributed by atoms with E-state index in [1.807, 2.05) is 6.92 Å². The number of aliphatic carboxylic acids is 1. The first-order chi connectivity index (χ1) is 8.00. The number of amides is 1. The van der Waals surface area contributed by atoms with E-state index in [4.69, 9.17) is 21.1 Å². The highest BCUT2D eigenvalue weighted by Gasteiger charge is 2.37. The van der Waals surface area contributed by atoms with Gasteiger partial charge in [-0.2, -0.15) is 0 Å². The molecular formula is C11H12ClNO4. The highest BCUT2D eigenvalue weighted by Crippen LogP contribution is 2.26. The van der Waals surface area contributed by atoms with E-state index in [0.717, 1.165) is 0 Å². The van der Waals surface area contributed by atoms with Gasteiger partial charge in [-0.05, 0) is 23.6 Å². The van der Waals surface area contributed by atoms with Crippen LogP contribution >= 0.6 is 11.6 Å². The van der Waals surface area contributed by atoms with Crippen molar-refractivity contribution in [2.24, 2.45) is 11.8 Å². The van der Waals surface area contributed by atoms with Gasteiger partial charge in [0.2, 0.25) is 5.22 Å². The van der Waals surface area contributed by atoms with E-state index in [1.165, 1.54) is 17.2 Å². The van der Waals surface area contributed by atoms with Crippen molar-refractivity contribution >= 4 is 23.5 Å². The fourth-order valence-corrected chi connectivity index (χ4v) is 2.27. The average molecular weight is 258 g/mol. The molecule has 0 saturated carbocycles. The molecule has 1 saturated heterocycles. The molecule has 0 aliphatic carbocycles. The molecule has 5 nitrogen and oxygen atoms in total. The van der Waals surface area contributed by atoms with Crippen molar-refractivity contribution in [2.45, 2.75) is 6.92 Å². The number of hydrogen-bond acceptors (Lipinski definition) is 3. The lowest BCUT2D eigenvalue weighted by Gasteiger charge is -2.14. The number of carboxylic acids is 1. The van der Waals surface area contributed by atoms with Crippen LogP contribution in [0, 0.1) is 11.8 Å². The Kier molecular flexibility index (Phi) is 3.11. The summed E-state index contributed by atoms with van der Waals surface area (Å²) in [6, 6.07) is 1.49. The molecule has 0 bridgehead atoms. The molecule has 1 aromatic heterocycles. The zero-order valence-corrected chi connectivity index (χ0v) is 9.98. The summed E-state index contributed by atoms with van der Waals surface area (Å²) in [5, 5.41) is 9.03. The number of hydrogen-bond donors (Lipinski definition) is 1. The SMILES string of the molecule is C[C@@H]1CN(C(=O)c2ccoc2Cl)C[C@H]1C(=O)O. The van der Waals surface area contributed by atoms with Gasteiger partial charge in [0.15, 0.2) is 0 Å². The van der Waals surface area contributed by atoms with E-state index in [2.05, 4.69) is 0 Å². The fraction of sp³-hybridized carbons (Fsp3) is 0.455. The highest BCUT2D eigenvalue weighted by molar-refractivity contribution is 6.32. The largest absolute Gasteiger partial charge is 0.481 e. The summed E-state index contributed by atoms with van der Waals surface area (Å²) in [7, 11) is 0. The van der Waals surface area contributed by atoms with Crippen LogP contribution in [0.25, 0.3) is 0 Å². The van der Waals surface area contributed by atoms with E-state index in [0.29, 0.717) is 6.54 Å². The van der Waals surface area contributed by atoms with Crippen LogP contribution in [-0.4, -0.2) is 35.0 Å². The number of nitrogens with zero attached hydrogens (tertiary/aromatic N) is 1. The Morgan fingerprint density at radius 3 is 2.71 bits per heavy atom. The van der Waals surface area contributed by atoms with Crippen LogP contribution in [0.3, 0.4) is 0 Å². The Labute approximate surface area is 103 Å². The van der Waals surface area contributed by atoms with Gasteiger partial charge in [-0.1, -0.05) is 6.92 Å². The second-order valence-corrected chi connectivity index (χ2v) is 4.58. The maximum Gasteiger partial charge on any atom is 0.308 e. The number of halogens is 1. The minimum atomic E-state index is -0.869. The lowest BCUT2D eigenvalue weighted by Crippen LogP contribution is -2.29. The first-order valence-electron chi connectivity index (χ1n) is 5.25. The molecule has 1 amide bonds. The summed E-state index contributed by atoms with van der Waals surface area (Å²) in [6.07, 6.45) is 1.34. The zero-order chi connectivity index (χ0) is 12.6. The molecule has 1 aliphatic rings. The molecule has 1 aromatic rings. The van der Waals surface area contributed by atoms with Crippen molar-refractivity contribution in [1.29, 1.82) is 0 Å². The normalized spacial score (nSPS) is 24.0. The molecule has 1 N–H and O–H groups in total. The van der Waals surface area contributed by atoms with Gasteiger partial charge in [-0.15, -0.1) is 0 Å². The number of rotatable bonds is 2. The van der Waals surface area contributed by atoms with Crippen LogP contribution in [0.1, 0.15) is 17.3 Å². The Morgan fingerprint density at radius 1 is 1.53 bits per heavy atom. The Morgan fingerprint density at radius 2 is 2.24 bits per heavy atom. The molecule has 0 aromatic carbocycles. The molecule has 2 atom stereocenters. The monoisotopic (exact) mass is 257 g/mol. The summed E-state index contributed by atoms with van der Waals surface area (Å²) in [5.74, 6) is -1.71. The van der Waals surface area contributed by atoms with Gasteiger partial charge in [-0.25, -0.2) is 0 Å². The third-order valence-electron chi connectivity index (χ3n) is 3.07. The van der Waals surface area contributed by atoms with Crippen LogP contribution in [-0.2, 0) is 4.79 Å². The van der Waals surface area contributed by atoms with E-state index < -0.39 is 11.9 Å². The first-order valence-corrected chi connectivity index (χ1v) is 5.63. The summed E-state index contributed by atoms with van der Waals surface area (Å²) >= 11 is 5.72. The predicted molar refractivity (Wildman–Crippen MR) is 59.9 cm³/mol. The number of likely N-dealkylation sites (tertiary alicyclic amines) is 1. The highest BCUT2D eigenvalue weighted by atomic mass is 35.5. The lowest BCUT2D eigenvalue weighted by atomic mass is 9.99. The van der Waals surface area contributed by atoms with Crippen molar-refractivity contribution < 1.29 is 19.1 Å². The molecule has 1 aliphatic heterocycles. The van der Waals surface area contributed by atoms with Crippen molar-refractivity contribution in [3.8, 4) is 0 Å². The predicted octanol–water partition coefficient (Wildman–Crippen LogP) is 1.73. The molecule has 0 radical (unpaired) electrons. The summed E-state index contributed by atoms with van der Waals surface area (Å²) in [4.78, 5) is 24.5. The minimum Gasteiger partial charge on any atom is -0.481 e. The third kappa shape index (κ3) is 2.15. The third-order valence-corrected chi connectivity index (χ3v) is 3.36. The van der Waals surface area contributed by atoms with Crippen molar-refractivity contribution in [3.63, 3.8) is 0 Å². The van der Waals surface area contributed by atoms with Crippen LogP contribution in [0.15, 0.2) is 16.7 Å². The number of carbonyl (C=O) groups is 2. The summed E-state index contributed by atoms with van der Waals surface area (Å²) < 4.78 is 4.85. The van der Waals surface area contributed by atoms with Crippen molar-refractivity contribution in [3.05, 3.63) is 23.1 Å². The maximum absolute atomic E-state index is 12.0. The second-order valence-electron chi connectivity index (χ2n) is 4.24. The van der Waals surface area contributed by atoms with Crippen molar-refractivity contribution in [2.75, 3.05) is 13.1 Å². The van der Waals surface area contributed by atoms with Gasteiger partial charge in [0.05, 0.1) is 17.7 Å². The fourth-order valence-electron chi connectivity index (χ4n) is 2.07. The van der Waals surface area contributed by atoms with Gasteiger partial charge in [-0.3, -0.25) is 9.59 Å². The topological polar surface area (TPSA) is 70.8 Å². The van der Waals surface area contributed by atoms with E-state index in [-0.39, 0.29) is 29.2 Å². The van der Waals surface area contributed by atoms with Crippen LogP contribution in [0.5, 0.6) is 0 Å². The number of carboxylic acid groups (broad SMARTS) is 1. The maximum atomic E-state index is 12.0. The zero-order valence-electron chi connectivity index (χ0n) is 9.22. The van der Waals surface area contributed by atoms with E-state index in [1.54, 1.807) is 0 Å². The molecule has 2 rings (SSSR count). The molecule has 0 unspecified atom stereocenters. The molecule has 1 fully saturated rings. The summed E-state index contributed by atoms with van der Waals surface area (Å²) in [6.45, 7) is 2.47. The van der Waals surface area contributed by atoms with Gasteiger partial charge >= 0.3 is 5.97 Å². The van der Waals surface area contributed by atoms with Crippen LogP contribution in [0.4, 0.5) is 0 Å². The quantitative estimate of drug-likeness (QED) is 0.876. The standard InChI is InChI=1S/C11H12ClNO4/c1-6-4-13(5-8(6)11(15)16)10(14)7-2-3-17-9(7)12/h2-3,6,8H,4-5H2,1H3,(H,15,16)/t6-,8-/m1/s1. The first kappa shape index (κ1) is 12.0. The second kappa shape index (κ2) is 4.41. The molecule has 17 heavy (non-hydrogen) atoms. The Balaban J connectivity index is 2.13. The van der Waals surface area contributed by atoms with Crippen molar-refractivity contribution in [1.82, 2.24) is 4.90 Å². The number of furan rings is 1. The molecule has 6 heteroatoms. The van der Waals surface area contributed by atoms with E-state index in [9.17, 15) is 9.59 Å². The van der Waals surface area contributed by atoms with E-state index >= 15 is 0 Å². The van der Waals surface area contributed by atoms with Gasteiger partial charge in [0.25, 0.3) is 5.91 Å². The van der Waals surface area contributed by atoms with Gasteiger partial charge in [0, 0.05) is 13.1 Å². The molecule has 2 heterocycles. The van der Waals surface area contributed by atoms with Gasteiger partial charge < -0.3 is 14.4 Å². The average Bonchev–Trinajstić information content (AvgIpc) is 2.83. The summed E-state index contributed by atoms with van der Waals surface area (Å²) in [5.41, 5.74) is 0.282. The van der Waals surface area contributed by atoms with Crippen LogP contribution in [0.2, 0.25) is 5.22 Å². The lowest BCUT2D eigenvalue weighted by molar-refractivity contribution is -0.142. The molecular weight excluding hydrogens is 246 g/mol. The smallest absolute Gasteiger partial charge is 0.308 e. The molecule has 0 spiro atoms. The molecule has 92 valence electrons. The Hall–Kier alpha value is -1.49. The van der Waals surface area contributed by atoms with Crippen LogP contribution < -0.4 is 0 Å². The van der Waals surface area contributed by atoms with Gasteiger partial charge in [0.1, 0.15) is 0 Å². The Bertz CT molecular complexity index is 456.